The lowest BCUT2D eigenvalue weighted by Crippen LogP contribution is -2.44. The topological polar surface area (TPSA) is 164 Å². The van der Waals surface area contributed by atoms with Gasteiger partial charge in [-0.05, 0) is 240 Å². The van der Waals surface area contributed by atoms with Gasteiger partial charge in [-0.25, -0.2) is 29.9 Å². The van der Waals surface area contributed by atoms with Crippen molar-refractivity contribution in [1.29, 1.82) is 0 Å². The second-order valence-corrected chi connectivity index (χ2v) is 59.3. The van der Waals surface area contributed by atoms with E-state index in [1.807, 2.05) is 18.6 Å². The van der Waals surface area contributed by atoms with Crippen LogP contribution in [0.4, 0.5) is 11.4 Å². The van der Waals surface area contributed by atoms with Crippen LogP contribution in [0.2, 0.25) is 0 Å². The number of nitrogens with zero attached hydrogens (tertiary/aromatic N) is 11. The number of anilines is 2. The molecule has 808 valence electrons. The summed E-state index contributed by atoms with van der Waals surface area (Å²) in [5.41, 5.74) is 31.2. The number of ether oxygens (including phenoxy) is 2. The van der Waals surface area contributed by atoms with Crippen molar-refractivity contribution in [3.63, 3.8) is 0 Å². The average molecular weight is 2000 g/mol. The Hall–Kier alpha value is -8.74. The third kappa shape index (κ3) is 34.4. The maximum atomic E-state index is 5.97. The van der Waals surface area contributed by atoms with E-state index in [-0.39, 0.29) is 87.1 Å². The summed E-state index contributed by atoms with van der Waals surface area (Å²) in [5.74, 6) is 4.84. The predicted molar refractivity (Wildman–Crippen MR) is 625 cm³/mol. The van der Waals surface area contributed by atoms with Crippen LogP contribution in [0.5, 0.6) is 11.5 Å². The summed E-state index contributed by atoms with van der Waals surface area (Å²) in [6.07, 6.45) is 21.6. The smallest absolute Gasteiger partial charge is 0.142 e. The number of hydrogen-bond donors (Lipinski definition) is 4. The molecule has 17 nitrogen and oxygen atoms in total. The number of hydrazine groups is 1. The van der Waals surface area contributed by atoms with Crippen LogP contribution < -0.4 is 25.5 Å². The minimum atomic E-state index is -0.0127. The van der Waals surface area contributed by atoms with Gasteiger partial charge in [0, 0.05) is 178 Å². The van der Waals surface area contributed by atoms with Gasteiger partial charge in [-0.15, -0.1) is 0 Å². The largest absolute Gasteiger partial charge is 0.492 e. The third-order valence-corrected chi connectivity index (χ3v) is 29.4. The molecule has 0 bridgehead atoms. The molecule has 4 N–H and O–H groups in total. The molecule has 12 heterocycles. The zero-order valence-corrected chi connectivity index (χ0v) is 102. The lowest BCUT2D eigenvalue weighted by atomic mass is 9.83. The van der Waals surface area contributed by atoms with Gasteiger partial charge in [-0.1, -0.05) is 322 Å². The van der Waals surface area contributed by atoms with Gasteiger partial charge >= 0.3 is 0 Å². The predicted octanol–water partition coefficient (Wildman–Crippen LogP) is 31.0. The molecule has 8 aliphatic heterocycles. The second kappa shape index (κ2) is 45.4. The summed E-state index contributed by atoms with van der Waals surface area (Å²) in [6.45, 7) is 122. The molecule has 0 aliphatic carbocycles. The summed E-state index contributed by atoms with van der Waals surface area (Å²) >= 11 is 0. The van der Waals surface area contributed by atoms with Gasteiger partial charge in [0.1, 0.15) is 41.2 Å². The van der Waals surface area contributed by atoms with Crippen molar-refractivity contribution in [3.05, 3.63) is 235 Å². The lowest BCUT2D eigenvalue weighted by molar-refractivity contribution is 0.117. The van der Waals surface area contributed by atoms with Crippen molar-refractivity contribution < 1.29 is 9.47 Å². The van der Waals surface area contributed by atoms with Crippen molar-refractivity contribution >= 4 is 22.4 Å². The molecule has 17 heteroatoms. The highest BCUT2D eigenvalue weighted by atomic mass is 16.5. The van der Waals surface area contributed by atoms with Gasteiger partial charge in [0.05, 0.1) is 29.7 Å². The van der Waals surface area contributed by atoms with Crippen molar-refractivity contribution in [2.24, 2.45) is 21.7 Å². The number of aromatic amines is 1. The number of aromatic nitrogens is 7. The molecule has 8 aromatic rings. The van der Waals surface area contributed by atoms with Crippen molar-refractivity contribution in [2.75, 3.05) is 50.0 Å². The van der Waals surface area contributed by atoms with Crippen molar-refractivity contribution in [3.8, 4) is 11.5 Å². The summed E-state index contributed by atoms with van der Waals surface area (Å²) in [5, 5.41) is 10.8. The first-order chi connectivity index (χ1) is 66.3. The van der Waals surface area contributed by atoms with Gasteiger partial charge in [-0.2, -0.15) is 0 Å². The van der Waals surface area contributed by atoms with Gasteiger partial charge in [0.25, 0.3) is 0 Å². The summed E-state index contributed by atoms with van der Waals surface area (Å²) in [6, 6.07) is 30.7. The number of allylic oxidation sites excluding steroid dienone is 3. The summed E-state index contributed by atoms with van der Waals surface area (Å²) in [4.78, 5) is 41.0. The van der Waals surface area contributed by atoms with Crippen LogP contribution in [0.25, 0.3) is 11.0 Å². The monoisotopic (exact) mass is 2000 g/mol. The average Bonchev–Trinajstić information content (AvgIpc) is 1.79. The van der Waals surface area contributed by atoms with Gasteiger partial charge < -0.3 is 30.5 Å². The Kier molecular flexibility index (Phi) is 37.6. The van der Waals surface area contributed by atoms with E-state index in [1.54, 1.807) is 11.1 Å². The van der Waals surface area contributed by atoms with Crippen LogP contribution in [0.1, 0.15) is 435 Å². The molecule has 0 spiro atoms. The third-order valence-electron chi connectivity index (χ3n) is 29.4. The van der Waals surface area contributed by atoms with E-state index >= 15 is 0 Å². The Labute approximate surface area is 890 Å². The van der Waals surface area contributed by atoms with E-state index in [2.05, 4.69) is 508 Å². The Morgan fingerprint density at radius 2 is 0.788 bits per heavy atom. The number of H-pyrrole nitrogens is 1. The highest BCUT2D eigenvalue weighted by Crippen LogP contribution is 2.43. The maximum absolute atomic E-state index is 5.97. The molecule has 8 aliphatic rings. The zero-order valence-electron chi connectivity index (χ0n) is 102. The molecule has 146 heavy (non-hydrogen) atoms. The van der Waals surface area contributed by atoms with E-state index < -0.39 is 0 Å². The minimum absolute atomic E-state index is 0.0127. The van der Waals surface area contributed by atoms with Gasteiger partial charge in [0.2, 0.25) is 0 Å². The Bertz CT molecular complexity index is 5790. The van der Waals surface area contributed by atoms with Gasteiger partial charge in [-0.3, -0.25) is 24.6 Å². The summed E-state index contributed by atoms with van der Waals surface area (Å²) < 4.78 is 11.8. The van der Waals surface area contributed by atoms with Crippen LogP contribution in [-0.2, 0) is 95.2 Å². The molecular formula is C129H205N15O2. The normalized spacial score (nSPS) is 18.5. The molecule has 16 rings (SSSR count). The van der Waals surface area contributed by atoms with Gasteiger partial charge in [0.15, 0.2) is 0 Å². The Morgan fingerprint density at radius 3 is 1.29 bits per heavy atom. The molecule has 4 aromatic carbocycles. The number of fused-ring (bicyclic) bond motifs is 8. The maximum Gasteiger partial charge on any atom is 0.142 e. The molecular weight excluding hydrogens is 1790 g/mol. The molecule has 0 saturated carbocycles. The number of hydrogen-bond acceptors (Lipinski definition) is 16. The fraction of sp³-hybridized carbons (Fsp3) is 0.643. The van der Waals surface area contributed by atoms with E-state index in [0.29, 0.717) is 18.1 Å². The fourth-order valence-corrected chi connectivity index (χ4v) is 18.4. The number of benzene rings is 4. The van der Waals surface area contributed by atoms with E-state index in [1.165, 1.54) is 110 Å². The minimum Gasteiger partial charge on any atom is -0.492 e. The van der Waals surface area contributed by atoms with Crippen LogP contribution in [0.3, 0.4) is 0 Å². The Morgan fingerprint density at radius 1 is 0.356 bits per heavy atom. The first-order valence-corrected chi connectivity index (χ1v) is 55.1. The zero-order chi connectivity index (χ0) is 110. The van der Waals surface area contributed by atoms with Crippen LogP contribution in [0, 0.1) is 21.7 Å². The molecule has 3 unspecified atom stereocenters. The molecule has 0 fully saturated rings. The lowest BCUT2D eigenvalue weighted by Gasteiger charge is -2.38. The first-order valence-electron chi connectivity index (χ1n) is 55.1. The van der Waals surface area contributed by atoms with E-state index in [9.17, 15) is 0 Å². The molecule has 3 atom stereocenters. The van der Waals surface area contributed by atoms with E-state index in [0.717, 1.165) is 124 Å². The first kappa shape index (κ1) is 121. The summed E-state index contributed by atoms with van der Waals surface area (Å²) in [7, 11) is 0. The van der Waals surface area contributed by atoms with E-state index in [4.69, 9.17) is 19.4 Å². The number of nitrogens with one attached hydrogen (secondary N) is 4. The number of rotatable bonds is 0. The van der Waals surface area contributed by atoms with Crippen LogP contribution >= 0.6 is 0 Å². The van der Waals surface area contributed by atoms with Crippen LogP contribution in [-0.4, -0.2) is 139 Å². The molecule has 4 aromatic heterocycles. The Balaban J connectivity index is 0.000000186. The quantitative estimate of drug-likeness (QED) is 0.106. The standard InChI is InChI=1S/C19H29N.C18H29N.2C17H27NO.C15H25N3.C15H24N2.C14H23N3.C14H21N3/c1-13-10-14-8-9-15(18(2,3)4)12-16(14)20-17(11-13)19(5,6)7;1-17(2,3)16-8-7-14-9-11-19(18(4,5)6)12-10-15(14)13-16;1-16(2,3)14-8-7-13-12-18(17(4,5)6)9-10-19-15(13)11-14;1-16(2,3)12-7-8-14-13(11-12)18-15(9-10-19-14)17(4,5)6;1-14(2,3)13-16-9-11-7-8-18(15(4,5)6)10-12(11)17-13;1-14(2,3)11-7-8-12-9-13(15(4,5)6)16-17(12)10-11;1-13(2,3)12-15-7-10-8-17(14(4,5)6)9-11(10)16-12;1-13(2,3)10-7-9-8-15-12(14(4,5)6)17-11(9)16-10/h8-9,12,17,20H,1,10-11H2,2-7H3;7-8,13H,9-12H2,1-6H3;7-8,11H,9-10,12H2,1-6H3;7-8,11,15,18H,9-10H2,1-6H3;9H,7-8,10H2,1-6H3;7-10,12,16H,1-6H3;7H,8-9H2,1-6H3;7-8H,1-6H3,(H,15,16,17). The van der Waals surface area contributed by atoms with Crippen molar-refractivity contribution in [1.82, 2.24) is 64.9 Å². The fourth-order valence-electron chi connectivity index (χ4n) is 18.4. The molecule has 0 amide bonds. The SMILES string of the molecule is C=C1Cc2ccc(C(C)(C)C)cc2NC(C(C)(C)C)C1.CC(C)(C)C1=CN2NC(C(C)(C)C)=CC2C=C1.CC(C)(C)c1ccc2c(c1)CCN(C(C)(C)C)CC2.CC(C)(C)c1ccc2c(c1)NC(C(C)(C)C)CCO2.CC(C)(C)c1ccc2c(c1)OCCN(C(C)(C)C)C2.CC(C)(C)c1ncc2c(n1)CN(C(C)(C)C)C2.CC(C)(C)c1ncc2c(n1)CN(C(C)(C)C)CC2.CC(C)(C)c1ncc2cc(C(C)(C)C)[nH]c2n1. The second-order valence-electron chi connectivity index (χ2n) is 59.3. The highest BCUT2D eigenvalue weighted by Gasteiger charge is 2.38. The molecule has 0 saturated heterocycles. The highest BCUT2D eigenvalue weighted by molar-refractivity contribution is 5.76. The van der Waals surface area contributed by atoms with Crippen LogP contribution in [0.15, 0.2) is 145 Å². The molecule has 0 radical (unpaired) electrons. The van der Waals surface area contributed by atoms with Crippen molar-refractivity contribution in [2.45, 2.75) is 481 Å².